The summed E-state index contributed by atoms with van der Waals surface area (Å²) in [6, 6.07) is 9.43. The fourth-order valence-corrected chi connectivity index (χ4v) is 6.99. The first kappa shape index (κ1) is 43.0. The van der Waals surface area contributed by atoms with Gasteiger partial charge in [-0.25, -0.2) is 14.0 Å². The van der Waals surface area contributed by atoms with Crippen LogP contribution in [-0.4, -0.2) is 70.0 Å². The quantitative estimate of drug-likeness (QED) is 0.0593. The number of carbonyl (C=O) groups is 2. The van der Waals surface area contributed by atoms with Gasteiger partial charge in [0, 0.05) is 16.7 Å². The molecule has 2 aromatic carbocycles. The first-order valence-electron chi connectivity index (χ1n) is 18.9. The second-order valence-corrected chi connectivity index (χ2v) is 15.1. The van der Waals surface area contributed by atoms with Crippen LogP contribution >= 0.6 is 0 Å². The van der Waals surface area contributed by atoms with E-state index in [1.165, 1.54) is 52.4 Å². The van der Waals surface area contributed by atoms with Gasteiger partial charge in [0.05, 0.1) is 13.2 Å². The number of benzene rings is 2. The van der Waals surface area contributed by atoms with Crippen LogP contribution in [0, 0.1) is 11.7 Å². The molecule has 0 bridgehead atoms. The van der Waals surface area contributed by atoms with Crippen molar-refractivity contribution in [2.45, 2.75) is 128 Å². The number of carbonyl (C=O) groups excluding carboxylic acids is 2. The van der Waals surface area contributed by atoms with Crippen LogP contribution in [0.4, 0.5) is 4.39 Å². The Morgan fingerprint density at radius 3 is 1.79 bits per heavy atom. The van der Waals surface area contributed by atoms with E-state index in [1.54, 1.807) is 6.07 Å². The van der Waals surface area contributed by atoms with E-state index in [0.29, 0.717) is 23.5 Å². The first-order chi connectivity index (χ1) is 24.7. The lowest BCUT2D eigenvalue weighted by atomic mass is 9.76. The summed E-state index contributed by atoms with van der Waals surface area (Å²) < 4.78 is 26.5. The molecule has 0 spiro atoms. The third-order valence-corrected chi connectivity index (χ3v) is 10.6. The van der Waals surface area contributed by atoms with Crippen LogP contribution < -0.4 is 0 Å². The minimum atomic E-state index is -1.75. The molecule has 8 nitrogen and oxygen atoms in total. The summed E-state index contributed by atoms with van der Waals surface area (Å²) in [4.78, 5) is 24.0. The Hall–Kier alpha value is -3.37. The number of hydrogen-bond donors (Lipinski definition) is 4. The number of ether oxygens (including phenoxy) is 2. The molecule has 2 atom stereocenters. The molecule has 0 radical (unpaired) electrons. The van der Waals surface area contributed by atoms with Gasteiger partial charge in [-0.05, 0) is 117 Å². The highest BCUT2D eigenvalue weighted by atomic mass is 19.1. The second-order valence-electron chi connectivity index (χ2n) is 15.1. The maximum absolute atomic E-state index is 16.1. The van der Waals surface area contributed by atoms with Crippen molar-refractivity contribution in [1.29, 1.82) is 0 Å². The Labute approximate surface area is 309 Å². The molecule has 2 aromatic rings. The third-order valence-electron chi connectivity index (χ3n) is 10.6. The molecule has 2 unspecified atom stereocenters. The molecule has 9 heteroatoms. The molecule has 1 aliphatic rings. The summed E-state index contributed by atoms with van der Waals surface area (Å²) in [5.74, 6) is -0.564. The van der Waals surface area contributed by atoms with Crippen molar-refractivity contribution < 1.29 is 43.9 Å². The van der Waals surface area contributed by atoms with Gasteiger partial charge in [0.25, 0.3) is 0 Å². The van der Waals surface area contributed by atoms with Crippen LogP contribution in [0.25, 0.3) is 11.1 Å². The summed E-state index contributed by atoms with van der Waals surface area (Å²) in [7, 11) is 0. The molecule has 0 aromatic heterocycles. The Kier molecular flexibility index (Phi) is 16.7. The van der Waals surface area contributed by atoms with E-state index < -0.39 is 49.6 Å². The van der Waals surface area contributed by atoms with E-state index in [2.05, 4.69) is 20.1 Å². The average molecular weight is 725 g/mol. The predicted molar refractivity (Wildman–Crippen MR) is 202 cm³/mol. The molecule has 0 amide bonds. The van der Waals surface area contributed by atoms with Crippen LogP contribution in [0.3, 0.4) is 0 Å². The van der Waals surface area contributed by atoms with Crippen molar-refractivity contribution in [3.8, 4) is 11.1 Å². The summed E-state index contributed by atoms with van der Waals surface area (Å²) in [5, 5.41) is 42.4. The standard InChI is InChI=1S/C43H61FO8/c1-7-9-10-11-31-12-14-33(15-13-31)34-16-17-37(39(44)24-34)38-23-36(19-21-43(50,26-46)28-52-41(48)30(5)6)35(22-32(38)8-2)18-20-42(49,25-45)27-51-40(47)29(3)4/h16-17,22-24,31,33,45-46,49-50H,3,5,7-15,18-21,25-28H2,1-2,4,6H3. The van der Waals surface area contributed by atoms with E-state index in [-0.39, 0.29) is 42.6 Å². The summed E-state index contributed by atoms with van der Waals surface area (Å²) in [5.41, 5.74) is 1.44. The lowest BCUT2D eigenvalue weighted by Crippen LogP contribution is -2.40. The minimum Gasteiger partial charge on any atom is -0.459 e. The van der Waals surface area contributed by atoms with Gasteiger partial charge >= 0.3 is 11.9 Å². The Morgan fingerprint density at radius 2 is 1.33 bits per heavy atom. The van der Waals surface area contributed by atoms with Crippen LogP contribution in [0.15, 0.2) is 54.6 Å². The van der Waals surface area contributed by atoms with Crippen molar-refractivity contribution in [2.24, 2.45) is 5.92 Å². The topological polar surface area (TPSA) is 134 Å². The highest BCUT2D eigenvalue weighted by Gasteiger charge is 2.31. The predicted octanol–water partition coefficient (Wildman–Crippen LogP) is 7.46. The molecule has 1 saturated carbocycles. The number of aryl methyl sites for hydroxylation is 3. The molecule has 4 N–H and O–H groups in total. The molecule has 0 saturated heterocycles. The van der Waals surface area contributed by atoms with E-state index in [0.717, 1.165) is 41.0 Å². The van der Waals surface area contributed by atoms with E-state index >= 15 is 4.39 Å². The van der Waals surface area contributed by atoms with Gasteiger partial charge in [0.1, 0.15) is 30.2 Å². The van der Waals surface area contributed by atoms with Gasteiger partial charge in [-0.3, -0.25) is 0 Å². The summed E-state index contributed by atoms with van der Waals surface area (Å²) >= 11 is 0. The van der Waals surface area contributed by atoms with Crippen molar-refractivity contribution in [3.05, 3.63) is 82.7 Å². The number of hydrogen-bond acceptors (Lipinski definition) is 8. The fourth-order valence-electron chi connectivity index (χ4n) is 6.99. The molecule has 3 rings (SSSR count). The summed E-state index contributed by atoms with van der Waals surface area (Å²) in [6.07, 6.45) is 10.7. The molecule has 0 heterocycles. The molecular weight excluding hydrogens is 663 g/mol. The van der Waals surface area contributed by atoms with Crippen molar-refractivity contribution in [1.82, 2.24) is 0 Å². The van der Waals surface area contributed by atoms with Crippen molar-refractivity contribution in [3.63, 3.8) is 0 Å². The van der Waals surface area contributed by atoms with Gasteiger partial charge in [-0.1, -0.05) is 77.0 Å². The lowest BCUT2D eigenvalue weighted by molar-refractivity contribution is -0.150. The first-order valence-corrected chi connectivity index (χ1v) is 18.9. The number of halogens is 1. The minimum absolute atomic E-state index is 0.00785. The van der Waals surface area contributed by atoms with Crippen LogP contribution in [0.2, 0.25) is 0 Å². The zero-order valence-corrected chi connectivity index (χ0v) is 31.8. The molecule has 288 valence electrons. The lowest BCUT2D eigenvalue weighted by Gasteiger charge is -2.29. The van der Waals surface area contributed by atoms with Crippen LogP contribution in [0.1, 0.15) is 120 Å². The maximum Gasteiger partial charge on any atom is 0.333 e. The number of aliphatic hydroxyl groups excluding tert-OH is 2. The highest BCUT2D eigenvalue weighted by Crippen LogP contribution is 2.40. The maximum atomic E-state index is 16.1. The number of aliphatic hydroxyl groups is 4. The van der Waals surface area contributed by atoms with Crippen molar-refractivity contribution in [2.75, 3.05) is 26.4 Å². The highest BCUT2D eigenvalue weighted by molar-refractivity contribution is 5.87. The Balaban J connectivity index is 1.93. The van der Waals surface area contributed by atoms with Crippen LogP contribution in [-0.2, 0) is 38.3 Å². The largest absolute Gasteiger partial charge is 0.459 e. The number of rotatable bonds is 21. The zero-order chi connectivity index (χ0) is 38.5. The molecule has 52 heavy (non-hydrogen) atoms. The SMILES string of the molecule is C=C(C)C(=O)OCC(O)(CO)CCc1cc(CC)c(-c2ccc(C3CCC(CCCCC)CC3)cc2F)cc1CCC(O)(CO)COC(=O)C(=C)C. The normalized spacial score (nSPS) is 18.2. The van der Waals surface area contributed by atoms with Crippen LogP contribution in [0.5, 0.6) is 0 Å². The van der Waals surface area contributed by atoms with Gasteiger partial charge in [-0.15, -0.1) is 0 Å². The van der Waals surface area contributed by atoms with E-state index in [1.807, 2.05) is 31.2 Å². The molecule has 0 aliphatic heterocycles. The number of unbranched alkanes of at least 4 members (excludes halogenated alkanes) is 2. The van der Waals surface area contributed by atoms with Gasteiger partial charge in [-0.2, -0.15) is 0 Å². The molecular formula is C43H61FO8. The van der Waals surface area contributed by atoms with Gasteiger partial charge in [0.15, 0.2) is 0 Å². The Morgan fingerprint density at radius 1 is 0.788 bits per heavy atom. The number of esters is 2. The monoisotopic (exact) mass is 724 g/mol. The fraction of sp³-hybridized carbons (Fsp3) is 0.581. The summed E-state index contributed by atoms with van der Waals surface area (Å²) in [6.45, 7) is 12.1. The Bertz CT molecular complexity index is 1530. The van der Waals surface area contributed by atoms with E-state index in [9.17, 15) is 30.0 Å². The molecule has 1 fully saturated rings. The van der Waals surface area contributed by atoms with Gasteiger partial charge in [0.2, 0.25) is 0 Å². The van der Waals surface area contributed by atoms with Crippen molar-refractivity contribution >= 4 is 11.9 Å². The van der Waals surface area contributed by atoms with E-state index in [4.69, 9.17) is 9.47 Å². The third kappa shape index (κ3) is 12.4. The van der Waals surface area contributed by atoms with Gasteiger partial charge < -0.3 is 29.9 Å². The zero-order valence-electron chi connectivity index (χ0n) is 31.8. The average Bonchev–Trinajstić information content (AvgIpc) is 3.14. The second kappa shape index (κ2) is 20.2. The smallest absolute Gasteiger partial charge is 0.333 e. The molecule has 1 aliphatic carbocycles.